The first kappa shape index (κ1) is 23.1. The molecule has 1 aromatic carbocycles. The Bertz CT molecular complexity index is 1260. The van der Waals surface area contributed by atoms with Crippen LogP contribution in [0.1, 0.15) is 34.7 Å². The van der Waals surface area contributed by atoms with Gasteiger partial charge >= 0.3 is 0 Å². The second kappa shape index (κ2) is 9.86. The number of hydrogen-bond acceptors (Lipinski definition) is 7. The Morgan fingerprint density at radius 1 is 1.30 bits per heavy atom. The predicted molar refractivity (Wildman–Crippen MR) is 126 cm³/mol. The van der Waals surface area contributed by atoms with Crippen molar-refractivity contribution < 1.29 is 22.7 Å². The van der Waals surface area contributed by atoms with Crippen LogP contribution in [0.4, 0.5) is 5.13 Å². The number of carbonyl (C=O) groups is 2. The van der Waals surface area contributed by atoms with Crippen LogP contribution in [0.15, 0.2) is 48.1 Å². The highest BCUT2D eigenvalue weighted by Gasteiger charge is 2.17. The van der Waals surface area contributed by atoms with Crippen LogP contribution in [0.2, 0.25) is 0 Å². The Morgan fingerprint density at radius 3 is 2.88 bits per heavy atom. The fraction of sp³-hybridized carbons (Fsp3) is 0.318. The summed E-state index contributed by atoms with van der Waals surface area (Å²) in [5.74, 6) is -0.592. The third-order valence-electron chi connectivity index (χ3n) is 5.29. The number of rotatable bonds is 7. The molecule has 0 saturated carbocycles. The molecule has 4 rings (SSSR count). The lowest BCUT2D eigenvalue weighted by atomic mass is 9.92. The minimum absolute atomic E-state index is 0.146. The van der Waals surface area contributed by atoms with Gasteiger partial charge in [-0.2, -0.15) is 0 Å². The molecule has 1 unspecified atom stereocenters. The van der Waals surface area contributed by atoms with E-state index in [0.29, 0.717) is 11.0 Å². The van der Waals surface area contributed by atoms with Crippen LogP contribution in [0, 0.1) is 0 Å². The lowest BCUT2D eigenvalue weighted by Crippen LogP contribution is -2.32. The number of aromatic nitrogens is 2. The van der Waals surface area contributed by atoms with Gasteiger partial charge < -0.3 is 15.4 Å². The summed E-state index contributed by atoms with van der Waals surface area (Å²) in [6.45, 7) is 1.28. The van der Waals surface area contributed by atoms with Gasteiger partial charge in [-0.25, -0.2) is 13.4 Å². The fourth-order valence-corrected chi connectivity index (χ4v) is 4.89. The molecule has 1 atom stereocenters. The first-order valence-corrected chi connectivity index (χ1v) is 13.1. The van der Waals surface area contributed by atoms with Gasteiger partial charge in [-0.1, -0.05) is 18.2 Å². The molecule has 1 fully saturated rings. The Morgan fingerprint density at radius 2 is 2.15 bits per heavy atom. The van der Waals surface area contributed by atoms with Crippen molar-refractivity contribution in [3.8, 4) is 11.3 Å². The van der Waals surface area contributed by atoms with Crippen molar-refractivity contribution in [3.63, 3.8) is 0 Å². The van der Waals surface area contributed by atoms with Crippen molar-refractivity contribution in [1.82, 2.24) is 14.3 Å². The molecule has 3 aromatic rings. The molecule has 0 bridgehead atoms. The highest BCUT2D eigenvalue weighted by atomic mass is 32.2. The normalized spacial score (nSPS) is 16.3. The highest BCUT2D eigenvalue weighted by Crippen LogP contribution is 2.30. The fourth-order valence-electron chi connectivity index (χ4n) is 3.56. The Balaban J connectivity index is 1.33. The highest BCUT2D eigenvalue weighted by molar-refractivity contribution is 7.89. The van der Waals surface area contributed by atoms with E-state index in [1.807, 2.05) is 17.5 Å². The number of amides is 2. The van der Waals surface area contributed by atoms with E-state index in [1.54, 1.807) is 0 Å². The zero-order valence-corrected chi connectivity index (χ0v) is 19.6. The summed E-state index contributed by atoms with van der Waals surface area (Å²) >= 11 is 1.30. The zero-order chi connectivity index (χ0) is 23.4. The second-order valence-corrected chi connectivity index (χ2v) is 10.5. The maximum absolute atomic E-state index is 12.2. The molecule has 0 radical (unpaired) electrons. The van der Waals surface area contributed by atoms with Crippen molar-refractivity contribution in [2.45, 2.75) is 18.8 Å². The largest absolute Gasteiger partial charge is 0.381 e. The molecule has 2 N–H and O–H groups in total. The number of hydrogen-bond donors (Lipinski definition) is 2. The van der Waals surface area contributed by atoms with Crippen LogP contribution in [0.25, 0.3) is 11.3 Å². The van der Waals surface area contributed by atoms with E-state index in [9.17, 15) is 18.0 Å². The molecular weight excluding hydrogens is 464 g/mol. The van der Waals surface area contributed by atoms with Gasteiger partial charge in [-0.05, 0) is 30.5 Å². The molecule has 3 heterocycles. The van der Waals surface area contributed by atoms with E-state index in [4.69, 9.17) is 4.74 Å². The minimum Gasteiger partial charge on any atom is -0.381 e. The number of nitrogens with one attached hydrogen (secondary N) is 2. The number of thiazole rings is 1. The lowest BCUT2D eigenvalue weighted by molar-refractivity contribution is -0.115. The van der Waals surface area contributed by atoms with Crippen molar-refractivity contribution in [2.24, 2.45) is 0 Å². The number of nitrogens with zero attached hydrogens (tertiary/aromatic N) is 2. The summed E-state index contributed by atoms with van der Waals surface area (Å²) in [5, 5.41) is 7.45. The molecule has 9 nitrogen and oxygen atoms in total. The number of ether oxygens (including phenoxy) is 1. The lowest BCUT2D eigenvalue weighted by Gasteiger charge is -2.22. The predicted octanol–water partition coefficient (Wildman–Crippen LogP) is 2.68. The molecule has 1 aliphatic rings. The van der Waals surface area contributed by atoms with Crippen LogP contribution in [0.3, 0.4) is 0 Å². The molecule has 11 heteroatoms. The van der Waals surface area contributed by atoms with Crippen LogP contribution in [-0.2, 0) is 19.6 Å². The topological polar surface area (TPSA) is 119 Å². The third kappa shape index (κ3) is 5.86. The summed E-state index contributed by atoms with van der Waals surface area (Å²) in [6.07, 6.45) is 5.67. The molecule has 0 spiro atoms. The van der Waals surface area contributed by atoms with Crippen molar-refractivity contribution in [1.29, 1.82) is 0 Å². The van der Waals surface area contributed by atoms with Gasteiger partial charge in [0.15, 0.2) is 5.13 Å². The summed E-state index contributed by atoms with van der Waals surface area (Å²) in [4.78, 5) is 28.9. The third-order valence-corrected chi connectivity index (χ3v) is 7.04. The Labute approximate surface area is 195 Å². The Hall–Kier alpha value is -3.02. The first-order valence-electron chi connectivity index (χ1n) is 10.4. The summed E-state index contributed by atoms with van der Waals surface area (Å²) in [7, 11) is -3.47. The average Bonchev–Trinajstić information content (AvgIpc) is 3.48. The van der Waals surface area contributed by atoms with E-state index >= 15 is 0 Å². The van der Waals surface area contributed by atoms with Crippen molar-refractivity contribution in [3.05, 3.63) is 59.2 Å². The molecule has 0 aliphatic carbocycles. The maximum atomic E-state index is 12.2. The monoisotopic (exact) mass is 488 g/mol. The van der Waals surface area contributed by atoms with E-state index in [1.165, 1.54) is 35.4 Å². The van der Waals surface area contributed by atoms with Crippen LogP contribution < -0.4 is 10.6 Å². The molecule has 1 aliphatic heterocycles. The summed E-state index contributed by atoms with van der Waals surface area (Å²) in [6, 6.07) is 9.57. The Kier molecular flexibility index (Phi) is 6.91. The molecule has 174 valence electrons. The van der Waals surface area contributed by atoms with Gasteiger partial charge in [-0.15, -0.1) is 11.3 Å². The van der Waals surface area contributed by atoms with E-state index in [-0.39, 0.29) is 12.1 Å². The van der Waals surface area contributed by atoms with Crippen molar-refractivity contribution in [2.75, 3.05) is 31.3 Å². The zero-order valence-electron chi connectivity index (χ0n) is 18.0. The van der Waals surface area contributed by atoms with E-state index in [0.717, 1.165) is 47.5 Å². The molecule has 33 heavy (non-hydrogen) atoms. The molecule has 1 saturated heterocycles. The van der Waals surface area contributed by atoms with E-state index < -0.39 is 21.8 Å². The smallest absolute Gasteiger partial charge is 0.253 e. The van der Waals surface area contributed by atoms with Crippen molar-refractivity contribution >= 4 is 38.3 Å². The SMILES string of the molecule is CS(=O)(=O)n1ccc(C(=O)NCC(=O)Nc2nc(-c3cccc(C4CCCOC4)c3)cs2)c1. The number of benzene rings is 1. The molecular formula is C22H24N4O5S2. The first-order chi connectivity index (χ1) is 15.8. The van der Waals surface area contributed by atoms with Gasteiger partial charge in [-0.3, -0.25) is 13.6 Å². The minimum atomic E-state index is -3.47. The summed E-state index contributed by atoms with van der Waals surface area (Å²) in [5.41, 5.74) is 3.10. The maximum Gasteiger partial charge on any atom is 0.253 e. The van der Waals surface area contributed by atoms with Crippen LogP contribution in [0.5, 0.6) is 0 Å². The van der Waals surface area contributed by atoms with Crippen LogP contribution >= 0.6 is 11.3 Å². The quantitative estimate of drug-likeness (QED) is 0.528. The number of anilines is 1. The van der Waals surface area contributed by atoms with Gasteiger partial charge in [0.1, 0.15) is 0 Å². The van der Waals surface area contributed by atoms with Gasteiger partial charge in [0, 0.05) is 35.9 Å². The van der Waals surface area contributed by atoms with Gasteiger partial charge in [0.25, 0.3) is 5.91 Å². The number of carbonyl (C=O) groups excluding carboxylic acids is 2. The van der Waals surface area contributed by atoms with E-state index in [2.05, 4.69) is 27.8 Å². The van der Waals surface area contributed by atoms with Gasteiger partial charge in [0.05, 0.1) is 30.7 Å². The van der Waals surface area contributed by atoms with Crippen LogP contribution in [-0.4, -0.2) is 55.2 Å². The van der Waals surface area contributed by atoms with Gasteiger partial charge in [0.2, 0.25) is 15.9 Å². The molecule has 2 amide bonds. The summed E-state index contributed by atoms with van der Waals surface area (Å²) < 4.78 is 29.5. The second-order valence-electron chi connectivity index (χ2n) is 7.80. The standard InChI is InChI=1S/C22H24N4O5S2/c1-33(29,30)26-8-7-17(12-26)21(28)23-11-20(27)25-22-24-19(14-32-22)16-5-2-4-15(10-16)18-6-3-9-31-13-18/h2,4-5,7-8,10,12,14,18H,3,6,9,11,13H2,1H3,(H,23,28)(H,24,25,27). The molecule has 2 aromatic heterocycles. The average molecular weight is 489 g/mol.